The molecule has 452 valence electrons. The summed E-state index contributed by atoms with van der Waals surface area (Å²) in [5.41, 5.74) is 0. The third-order valence-corrected chi connectivity index (χ3v) is 12.9. The van der Waals surface area contributed by atoms with E-state index in [1.807, 2.05) is 6.08 Å². The molecule has 0 spiro atoms. The summed E-state index contributed by atoms with van der Waals surface area (Å²) in [6.07, 6.45) is 101. The number of unbranched alkanes of at least 4 members (excludes halogenated alkanes) is 16. The first-order valence-corrected chi connectivity index (χ1v) is 32.3. The van der Waals surface area contributed by atoms with E-state index in [0.717, 1.165) is 154 Å². The maximum absolute atomic E-state index is 12.9. The minimum Gasteiger partial charge on any atom is -0.462 e. The first kappa shape index (κ1) is 75.5. The molecule has 0 aliphatic rings. The van der Waals surface area contributed by atoms with E-state index >= 15 is 0 Å². The molecule has 0 radical (unpaired) electrons. The molecule has 0 aliphatic heterocycles. The average molecular weight is 1110 g/mol. The van der Waals surface area contributed by atoms with E-state index in [0.29, 0.717) is 6.42 Å². The molecule has 0 aliphatic carbocycles. The lowest BCUT2D eigenvalue weighted by atomic mass is 10.1. The fourth-order valence-electron chi connectivity index (χ4n) is 8.22. The van der Waals surface area contributed by atoms with Gasteiger partial charge in [-0.1, -0.05) is 280 Å². The maximum atomic E-state index is 12.9. The number of rotatable bonds is 56. The van der Waals surface area contributed by atoms with E-state index in [2.05, 4.69) is 191 Å². The molecule has 0 aromatic rings. The molecule has 0 aromatic carbocycles. The summed E-state index contributed by atoms with van der Waals surface area (Å²) in [5, 5.41) is 0. The molecule has 6 nitrogen and oxygen atoms in total. The van der Waals surface area contributed by atoms with Crippen LogP contribution in [0.2, 0.25) is 0 Å². The normalized spacial score (nSPS) is 13.4. The second kappa shape index (κ2) is 67.0. The topological polar surface area (TPSA) is 78.9 Å². The van der Waals surface area contributed by atoms with Crippen LogP contribution in [0.1, 0.15) is 252 Å². The van der Waals surface area contributed by atoms with Gasteiger partial charge in [0.1, 0.15) is 13.2 Å². The highest BCUT2D eigenvalue weighted by molar-refractivity contribution is 5.72. The maximum Gasteiger partial charge on any atom is 0.309 e. The van der Waals surface area contributed by atoms with E-state index < -0.39 is 12.1 Å². The smallest absolute Gasteiger partial charge is 0.309 e. The number of carbonyl (C=O) groups is 3. The third kappa shape index (κ3) is 65.2. The van der Waals surface area contributed by atoms with Crippen molar-refractivity contribution in [2.24, 2.45) is 0 Å². The summed E-state index contributed by atoms with van der Waals surface area (Å²) in [6, 6.07) is 0. The minimum absolute atomic E-state index is 0.114. The van der Waals surface area contributed by atoms with Crippen molar-refractivity contribution in [1.29, 1.82) is 0 Å². The van der Waals surface area contributed by atoms with Crippen LogP contribution in [0.4, 0.5) is 0 Å². The zero-order valence-electron chi connectivity index (χ0n) is 51.7. The average Bonchev–Trinajstić information content (AvgIpc) is 3.47. The molecular formula is C75H116O6. The summed E-state index contributed by atoms with van der Waals surface area (Å²) in [7, 11) is 0. The van der Waals surface area contributed by atoms with Gasteiger partial charge < -0.3 is 14.2 Å². The number of allylic oxidation sites excluding steroid dienone is 29. The van der Waals surface area contributed by atoms with Gasteiger partial charge in [0.05, 0.1) is 6.42 Å². The van der Waals surface area contributed by atoms with Crippen molar-refractivity contribution >= 4 is 17.9 Å². The molecule has 6 heteroatoms. The van der Waals surface area contributed by atoms with Gasteiger partial charge in [0.15, 0.2) is 6.10 Å². The first-order valence-electron chi connectivity index (χ1n) is 32.3. The second-order valence-electron chi connectivity index (χ2n) is 20.5. The van der Waals surface area contributed by atoms with Crippen LogP contribution in [0.3, 0.4) is 0 Å². The van der Waals surface area contributed by atoms with Crippen molar-refractivity contribution < 1.29 is 28.6 Å². The lowest BCUT2D eigenvalue weighted by molar-refractivity contribution is -0.166. The molecule has 0 saturated carbocycles. The second-order valence-corrected chi connectivity index (χ2v) is 20.5. The number of carbonyl (C=O) groups excluding carboxylic acids is 3. The molecule has 0 amide bonds. The van der Waals surface area contributed by atoms with Crippen LogP contribution < -0.4 is 0 Å². The van der Waals surface area contributed by atoms with E-state index in [4.69, 9.17) is 14.2 Å². The van der Waals surface area contributed by atoms with Crippen molar-refractivity contribution in [3.63, 3.8) is 0 Å². The summed E-state index contributed by atoms with van der Waals surface area (Å²) >= 11 is 0. The summed E-state index contributed by atoms with van der Waals surface area (Å²) in [6.45, 7) is 6.19. The van der Waals surface area contributed by atoms with E-state index in [1.54, 1.807) is 6.08 Å². The van der Waals surface area contributed by atoms with Gasteiger partial charge in [0.2, 0.25) is 0 Å². The Balaban J connectivity index is 4.50. The summed E-state index contributed by atoms with van der Waals surface area (Å²) < 4.78 is 16.8. The lowest BCUT2D eigenvalue weighted by Crippen LogP contribution is -2.30. The van der Waals surface area contributed by atoms with E-state index in [1.165, 1.54) is 57.8 Å². The number of esters is 3. The van der Waals surface area contributed by atoms with Gasteiger partial charge in [0.25, 0.3) is 0 Å². The zero-order chi connectivity index (χ0) is 58.5. The van der Waals surface area contributed by atoms with Gasteiger partial charge in [-0.2, -0.15) is 0 Å². The van der Waals surface area contributed by atoms with Gasteiger partial charge in [-0.3, -0.25) is 14.4 Å². The van der Waals surface area contributed by atoms with Crippen molar-refractivity contribution in [2.75, 3.05) is 13.2 Å². The Morgan fingerprint density at radius 1 is 0.259 bits per heavy atom. The zero-order valence-corrected chi connectivity index (χ0v) is 51.7. The Kier molecular flexibility index (Phi) is 62.5. The predicted octanol–water partition coefficient (Wildman–Crippen LogP) is 22.4. The SMILES string of the molecule is CC/C=C\C/C=C\C/C=C\C/C=C\C/C=C\CCCCCCCCCCCC(=O)OCC(COC(=O)C/C=C\C/C=C\C/C=C\C/C=C\C/C=C\CC)OC(=O)CCCCCCCCC/C=C\C/C=C\C/C=C\C/C=C\C/C=C\CC. The van der Waals surface area contributed by atoms with Crippen molar-refractivity contribution in [3.05, 3.63) is 182 Å². The van der Waals surface area contributed by atoms with Crippen LogP contribution in [-0.4, -0.2) is 37.2 Å². The minimum atomic E-state index is -0.839. The number of hydrogen-bond acceptors (Lipinski definition) is 6. The predicted molar refractivity (Wildman–Crippen MR) is 352 cm³/mol. The Morgan fingerprint density at radius 2 is 0.494 bits per heavy atom. The van der Waals surface area contributed by atoms with Crippen molar-refractivity contribution in [1.82, 2.24) is 0 Å². The highest BCUT2D eigenvalue weighted by atomic mass is 16.6. The van der Waals surface area contributed by atoms with E-state index in [-0.39, 0.29) is 38.0 Å². The molecule has 1 atom stereocenters. The number of ether oxygens (including phenoxy) is 3. The molecule has 0 N–H and O–H groups in total. The van der Waals surface area contributed by atoms with Crippen LogP contribution in [-0.2, 0) is 28.6 Å². The first-order chi connectivity index (χ1) is 40.0. The van der Waals surface area contributed by atoms with Gasteiger partial charge >= 0.3 is 17.9 Å². The lowest BCUT2D eigenvalue weighted by Gasteiger charge is -2.18. The Bertz CT molecular complexity index is 1900. The summed E-state index contributed by atoms with van der Waals surface area (Å²) in [5.74, 6) is -1.08. The largest absolute Gasteiger partial charge is 0.462 e. The van der Waals surface area contributed by atoms with Gasteiger partial charge in [0, 0.05) is 12.8 Å². The van der Waals surface area contributed by atoms with Gasteiger partial charge in [-0.15, -0.1) is 0 Å². The van der Waals surface area contributed by atoms with E-state index in [9.17, 15) is 14.4 Å². The highest BCUT2D eigenvalue weighted by Gasteiger charge is 2.19. The van der Waals surface area contributed by atoms with Crippen LogP contribution in [0.15, 0.2) is 182 Å². The molecule has 0 bridgehead atoms. The van der Waals surface area contributed by atoms with Crippen LogP contribution >= 0.6 is 0 Å². The van der Waals surface area contributed by atoms with Crippen LogP contribution in [0.25, 0.3) is 0 Å². The Hall–Kier alpha value is -5.49. The van der Waals surface area contributed by atoms with Crippen LogP contribution in [0.5, 0.6) is 0 Å². The molecule has 0 rings (SSSR count). The molecule has 0 heterocycles. The fourth-order valence-corrected chi connectivity index (χ4v) is 8.22. The summed E-state index contributed by atoms with van der Waals surface area (Å²) in [4.78, 5) is 38.3. The van der Waals surface area contributed by atoms with Crippen molar-refractivity contribution in [2.45, 2.75) is 258 Å². The molecular weight excluding hydrogens is 997 g/mol. The number of hydrogen-bond donors (Lipinski definition) is 0. The van der Waals surface area contributed by atoms with Gasteiger partial charge in [-0.25, -0.2) is 0 Å². The standard InChI is InChI=1S/C75H116O6/c1-4-7-10-13-16-19-22-25-28-30-32-34-36-37-39-40-42-44-47-50-53-56-59-62-65-68-74(77)80-71-72(70-79-73(76)67-64-61-58-55-52-49-46-27-24-21-18-15-12-9-6-3)81-75(78)69-66-63-60-57-54-51-48-45-43-41-38-35-33-31-29-26-23-20-17-14-11-8-5-2/h7-12,16-21,25-29,32-35,37,39,41,43,46,52,55,61,64,72H,4-6,13-15,22-24,30-31,36,38,40,42,44-45,47-51,53-54,56-60,62-63,65-71H2,1-3H3/b10-7-,11-8-,12-9-,19-16-,20-17-,21-18-,28-25-,29-26-,34-32-,35-33-,39-37-,43-41-,46-27-,55-52-,64-61-. The highest BCUT2D eigenvalue weighted by Crippen LogP contribution is 2.14. The third-order valence-electron chi connectivity index (χ3n) is 12.9. The quantitative estimate of drug-likeness (QED) is 0.0261. The van der Waals surface area contributed by atoms with Crippen molar-refractivity contribution in [3.8, 4) is 0 Å². The molecule has 81 heavy (non-hydrogen) atoms. The van der Waals surface area contributed by atoms with Crippen LogP contribution in [0, 0.1) is 0 Å². The molecule has 0 fully saturated rings. The molecule has 1 unspecified atom stereocenters. The fraction of sp³-hybridized carbons (Fsp3) is 0.560. The van der Waals surface area contributed by atoms with Gasteiger partial charge in [-0.05, 0) is 135 Å². The monoisotopic (exact) mass is 1110 g/mol. The Labute approximate surface area is 497 Å². The Morgan fingerprint density at radius 3 is 0.802 bits per heavy atom. The molecule has 0 saturated heterocycles. The molecule has 0 aromatic heterocycles.